The zero-order valence-electron chi connectivity index (χ0n) is 8.33. The number of hydrogen-bond acceptors (Lipinski definition) is 2. The highest BCUT2D eigenvalue weighted by Gasteiger charge is 2.22. The Hall–Kier alpha value is -0.830. The maximum absolute atomic E-state index is 4.35. The van der Waals surface area contributed by atoms with Crippen molar-refractivity contribution in [3.05, 3.63) is 18.0 Å². The van der Waals surface area contributed by atoms with Crippen LogP contribution in [0.3, 0.4) is 0 Å². The highest BCUT2D eigenvalue weighted by Crippen LogP contribution is 2.19. The quantitative estimate of drug-likeness (QED) is 0.756. The number of rotatable bonds is 3. The van der Waals surface area contributed by atoms with Crippen LogP contribution in [-0.4, -0.2) is 22.9 Å². The maximum atomic E-state index is 4.35. The summed E-state index contributed by atoms with van der Waals surface area (Å²) in [5.41, 5.74) is 1.40. The molecule has 0 radical (unpaired) electrons. The maximum Gasteiger partial charge on any atom is 0.0492 e. The molecule has 1 aromatic rings. The highest BCUT2D eigenvalue weighted by atomic mass is 15.3. The van der Waals surface area contributed by atoms with Gasteiger partial charge in [-0.25, -0.2) is 0 Å². The van der Waals surface area contributed by atoms with Crippen molar-refractivity contribution in [1.82, 2.24) is 15.1 Å². The Balaban J connectivity index is 2.10. The molecule has 1 N–H and O–H groups in total. The minimum atomic E-state index is 0.673. The molecule has 2 heterocycles. The molecule has 3 nitrogen and oxygen atoms in total. The molecule has 0 unspecified atom stereocenters. The third-order valence-electron chi connectivity index (χ3n) is 2.49. The molecule has 0 saturated carbocycles. The van der Waals surface area contributed by atoms with Crippen LogP contribution < -0.4 is 5.32 Å². The molecule has 2 rings (SSSR count). The Kier molecular flexibility index (Phi) is 2.36. The van der Waals surface area contributed by atoms with Crippen LogP contribution in [0.4, 0.5) is 0 Å². The van der Waals surface area contributed by atoms with E-state index < -0.39 is 0 Å². The van der Waals surface area contributed by atoms with Gasteiger partial charge in [-0.3, -0.25) is 4.68 Å². The minimum absolute atomic E-state index is 0.673. The molecule has 3 heteroatoms. The molecule has 72 valence electrons. The van der Waals surface area contributed by atoms with Gasteiger partial charge in [-0.05, 0) is 12.0 Å². The smallest absolute Gasteiger partial charge is 0.0492 e. The van der Waals surface area contributed by atoms with Gasteiger partial charge in [0.2, 0.25) is 0 Å². The molecule has 1 aliphatic heterocycles. The van der Waals surface area contributed by atoms with Gasteiger partial charge in [0, 0.05) is 37.4 Å². The molecular weight excluding hydrogens is 162 g/mol. The van der Waals surface area contributed by atoms with Crippen LogP contribution in [0, 0.1) is 5.92 Å². The number of nitrogens with one attached hydrogen (secondary N) is 1. The molecule has 0 aliphatic carbocycles. The molecular formula is C10H17N3. The van der Waals surface area contributed by atoms with Gasteiger partial charge in [0.1, 0.15) is 0 Å². The van der Waals surface area contributed by atoms with Gasteiger partial charge in [-0.1, -0.05) is 13.8 Å². The second-order valence-electron chi connectivity index (χ2n) is 4.19. The molecule has 13 heavy (non-hydrogen) atoms. The fraction of sp³-hybridized carbons (Fsp3) is 0.700. The van der Waals surface area contributed by atoms with Crippen molar-refractivity contribution >= 4 is 0 Å². The number of nitrogens with zero attached hydrogens (tertiary/aromatic N) is 2. The molecule has 1 aromatic heterocycles. The van der Waals surface area contributed by atoms with E-state index in [2.05, 4.69) is 35.0 Å². The largest absolute Gasteiger partial charge is 0.315 e. The monoisotopic (exact) mass is 179 g/mol. The summed E-state index contributed by atoms with van der Waals surface area (Å²) < 4.78 is 2.15. The van der Waals surface area contributed by atoms with E-state index in [0.717, 1.165) is 19.6 Å². The van der Waals surface area contributed by atoms with Gasteiger partial charge in [0.15, 0.2) is 0 Å². The SMILES string of the molecule is CC(C)Cn1nccc1C1CNC1. The predicted molar refractivity (Wildman–Crippen MR) is 52.7 cm³/mol. The van der Waals surface area contributed by atoms with Crippen LogP contribution in [0.2, 0.25) is 0 Å². The summed E-state index contributed by atoms with van der Waals surface area (Å²) in [4.78, 5) is 0. The van der Waals surface area contributed by atoms with E-state index in [-0.39, 0.29) is 0 Å². The van der Waals surface area contributed by atoms with Gasteiger partial charge >= 0.3 is 0 Å². The summed E-state index contributed by atoms with van der Waals surface area (Å²) in [6.45, 7) is 7.72. The van der Waals surface area contributed by atoms with Crippen molar-refractivity contribution < 1.29 is 0 Å². The fourth-order valence-electron chi connectivity index (χ4n) is 1.69. The normalized spacial score (nSPS) is 17.8. The van der Waals surface area contributed by atoms with Crippen LogP contribution >= 0.6 is 0 Å². The van der Waals surface area contributed by atoms with Gasteiger partial charge in [0.05, 0.1) is 0 Å². The van der Waals surface area contributed by atoms with E-state index >= 15 is 0 Å². The van der Waals surface area contributed by atoms with Crippen molar-refractivity contribution in [2.24, 2.45) is 5.92 Å². The summed E-state index contributed by atoms with van der Waals surface area (Å²) in [6.07, 6.45) is 1.91. The fourth-order valence-corrected chi connectivity index (χ4v) is 1.69. The molecule has 0 amide bonds. The van der Waals surface area contributed by atoms with Gasteiger partial charge in [0.25, 0.3) is 0 Å². The Morgan fingerprint density at radius 2 is 2.38 bits per heavy atom. The summed E-state index contributed by atoms with van der Waals surface area (Å²) in [5.74, 6) is 1.37. The molecule has 0 atom stereocenters. The summed E-state index contributed by atoms with van der Waals surface area (Å²) >= 11 is 0. The van der Waals surface area contributed by atoms with E-state index in [1.165, 1.54) is 5.69 Å². The zero-order chi connectivity index (χ0) is 9.26. The molecule has 0 aromatic carbocycles. The van der Waals surface area contributed by atoms with Crippen molar-refractivity contribution in [1.29, 1.82) is 0 Å². The second kappa shape index (κ2) is 3.50. The van der Waals surface area contributed by atoms with E-state index in [9.17, 15) is 0 Å². The molecule has 1 saturated heterocycles. The van der Waals surface area contributed by atoms with E-state index in [1.807, 2.05) is 6.20 Å². The Morgan fingerprint density at radius 1 is 1.62 bits per heavy atom. The molecule has 1 fully saturated rings. The van der Waals surface area contributed by atoms with Crippen molar-refractivity contribution in [2.45, 2.75) is 26.3 Å². The van der Waals surface area contributed by atoms with Crippen molar-refractivity contribution in [3.63, 3.8) is 0 Å². The zero-order valence-corrected chi connectivity index (χ0v) is 8.33. The summed E-state index contributed by atoms with van der Waals surface area (Å²) in [6, 6.07) is 2.15. The van der Waals surface area contributed by atoms with E-state index in [1.54, 1.807) is 0 Å². The summed E-state index contributed by atoms with van der Waals surface area (Å²) in [5, 5.41) is 7.64. The van der Waals surface area contributed by atoms with Gasteiger partial charge in [-0.15, -0.1) is 0 Å². The van der Waals surface area contributed by atoms with E-state index in [4.69, 9.17) is 0 Å². The first-order valence-corrected chi connectivity index (χ1v) is 5.00. The lowest BCUT2D eigenvalue weighted by Crippen LogP contribution is -2.41. The average Bonchev–Trinajstić information content (AvgIpc) is 2.32. The Morgan fingerprint density at radius 3 is 2.92 bits per heavy atom. The lowest BCUT2D eigenvalue weighted by atomic mass is 9.99. The lowest BCUT2D eigenvalue weighted by molar-refractivity contribution is 0.393. The van der Waals surface area contributed by atoms with Crippen LogP contribution in [0.1, 0.15) is 25.5 Å². The highest BCUT2D eigenvalue weighted by molar-refractivity contribution is 5.12. The topological polar surface area (TPSA) is 29.9 Å². The first kappa shape index (κ1) is 8.75. The molecule has 0 bridgehead atoms. The van der Waals surface area contributed by atoms with Gasteiger partial charge in [-0.2, -0.15) is 5.10 Å². The predicted octanol–water partition coefficient (Wildman–Crippen LogP) is 1.23. The molecule has 1 aliphatic rings. The third-order valence-corrected chi connectivity index (χ3v) is 2.49. The Labute approximate surface area is 79.1 Å². The Bertz CT molecular complexity index is 273. The minimum Gasteiger partial charge on any atom is -0.315 e. The van der Waals surface area contributed by atoms with E-state index in [0.29, 0.717) is 11.8 Å². The number of hydrogen-bond donors (Lipinski definition) is 1. The van der Waals surface area contributed by atoms with Crippen molar-refractivity contribution in [3.8, 4) is 0 Å². The lowest BCUT2D eigenvalue weighted by Gasteiger charge is -2.28. The average molecular weight is 179 g/mol. The van der Waals surface area contributed by atoms with Crippen LogP contribution in [-0.2, 0) is 6.54 Å². The van der Waals surface area contributed by atoms with Gasteiger partial charge < -0.3 is 5.32 Å². The summed E-state index contributed by atoms with van der Waals surface area (Å²) in [7, 11) is 0. The van der Waals surface area contributed by atoms with Crippen LogP contribution in [0.5, 0.6) is 0 Å². The number of aromatic nitrogens is 2. The molecule has 0 spiro atoms. The van der Waals surface area contributed by atoms with Crippen LogP contribution in [0.25, 0.3) is 0 Å². The van der Waals surface area contributed by atoms with Crippen LogP contribution in [0.15, 0.2) is 12.3 Å². The first-order chi connectivity index (χ1) is 6.27. The standard InChI is InChI=1S/C10H17N3/c1-8(2)7-13-10(3-4-12-13)9-5-11-6-9/h3-4,8-9,11H,5-7H2,1-2H3. The first-order valence-electron chi connectivity index (χ1n) is 5.00. The van der Waals surface area contributed by atoms with Crippen molar-refractivity contribution in [2.75, 3.05) is 13.1 Å². The second-order valence-corrected chi connectivity index (χ2v) is 4.19. The third kappa shape index (κ3) is 1.75.